The topological polar surface area (TPSA) is 67.9 Å². The minimum Gasteiger partial charge on any atom is -0.493 e. The van der Waals surface area contributed by atoms with Crippen LogP contribution in [0.4, 0.5) is 5.69 Å². The van der Waals surface area contributed by atoms with Crippen molar-refractivity contribution < 1.29 is 19.1 Å². The molecule has 1 N–H and O–H groups in total. The molecule has 0 aliphatic carbocycles. The molecule has 31 heavy (non-hydrogen) atoms. The van der Waals surface area contributed by atoms with Crippen LogP contribution in [0, 0.1) is 0 Å². The van der Waals surface area contributed by atoms with E-state index in [-0.39, 0.29) is 11.8 Å². The summed E-state index contributed by atoms with van der Waals surface area (Å²) in [7, 11) is 4.87. The number of ether oxygens (including phenoxy) is 2. The number of hydrogen-bond acceptors (Lipinski definition) is 4. The van der Waals surface area contributed by atoms with Crippen LogP contribution >= 0.6 is 11.6 Å². The lowest BCUT2D eigenvalue weighted by Crippen LogP contribution is -2.22. The van der Waals surface area contributed by atoms with E-state index < -0.39 is 0 Å². The van der Waals surface area contributed by atoms with Crippen LogP contribution in [-0.2, 0) is 6.61 Å². The number of halogens is 1. The van der Waals surface area contributed by atoms with Gasteiger partial charge in [-0.25, -0.2) is 0 Å². The number of nitrogens with zero attached hydrogens (tertiary/aromatic N) is 1. The second-order valence-electron chi connectivity index (χ2n) is 7.02. The van der Waals surface area contributed by atoms with Gasteiger partial charge in [-0.2, -0.15) is 0 Å². The van der Waals surface area contributed by atoms with Crippen molar-refractivity contribution in [2.75, 3.05) is 26.5 Å². The van der Waals surface area contributed by atoms with Crippen LogP contribution in [0.2, 0.25) is 5.02 Å². The smallest absolute Gasteiger partial charge is 0.255 e. The normalized spacial score (nSPS) is 10.3. The van der Waals surface area contributed by atoms with Crippen molar-refractivity contribution >= 4 is 29.1 Å². The van der Waals surface area contributed by atoms with Crippen molar-refractivity contribution in [3.8, 4) is 11.5 Å². The van der Waals surface area contributed by atoms with E-state index in [2.05, 4.69) is 5.32 Å². The maximum Gasteiger partial charge on any atom is 0.255 e. The molecule has 0 fully saturated rings. The Bertz CT molecular complexity index is 1080. The highest BCUT2D eigenvalue weighted by Crippen LogP contribution is 2.29. The van der Waals surface area contributed by atoms with Gasteiger partial charge in [-0.05, 0) is 54.1 Å². The van der Waals surface area contributed by atoms with Crippen LogP contribution in [0.3, 0.4) is 0 Å². The Morgan fingerprint density at radius 1 is 0.935 bits per heavy atom. The Kier molecular flexibility index (Phi) is 7.15. The van der Waals surface area contributed by atoms with Gasteiger partial charge in [0.1, 0.15) is 6.61 Å². The lowest BCUT2D eigenvalue weighted by Gasteiger charge is -2.13. The molecule has 0 spiro atoms. The van der Waals surface area contributed by atoms with E-state index >= 15 is 0 Å². The predicted molar refractivity (Wildman–Crippen MR) is 121 cm³/mol. The zero-order valence-electron chi connectivity index (χ0n) is 17.5. The Balaban J connectivity index is 1.71. The number of hydrogen-bond donors (Lipinski definition) is 1. The first-order chi connectivity index (χ1) is 14.9. The fourth-order valence-corrected chi connectivity index (χ4v) is 2.99. The molecule has 7 heteroatoms. The first-order valence-corrected chi connectivity index (χ1v) is 9.93. The SMILES string of the molecule is COc1cc(C(=O)Nc2cccc(C(=O)N(C)C)c2)ccc1OCc1ccc(Cl)cc1. The summed E-state index contributed by atoms with van der Waals surface area (Å²) < 4.78 is 11.2. The van der Waals surface area contributed by atoms with E-state index in [9.17, 15) is 9.59 Å². The monoisotopic (exact) mass is 438 g/mol. The molecule has 0 saturated carbocycles. The molecule has 3 aromatic carbocycles. The molecule has 0 aromatic heterocycles. The number of carbonyl (C=O) groups is 2. The Hall–Kier alpha value is -3.51. The molecule has 3 aromatic rings. The summed E-state index contributed by atoms with van der Waals surface area (Å²) in [6, 6.07) is 19.1. The molecule has 0 bridgehead atoms. The van der Waals surface area contributed by atoms with Gasteiger partial charge in [-0.3, -0.25) is 9.59 Å². The van der Waals surface area contributed by atoms with E-state index in [4.69, 9.17) is 21.1 Å². The number of amides is 2. The summed E-state index contributed by atoms with van der Waals surface area (Å²) in [6.45, 7) is 0.339. The van der Waals surface area contributed by atoms with Gasteiger partial charge in [0.2, 0.25) is 0 Å². The van der Waals surface area contributed by atoms with Crippen LogP contribution in [0.1, 0.15) is 26.3 Å². The zero-order chi connectivity index (χ0) is 22.4. The lowest BCUT2D eigenvalue weighted by molar-refractivity contribution is 0.0827. The van der Waals surface area contributed by atoms with E-state index in [0.717, 1.165) is 5.56 Å². The van der Waals surface area contributed by atoms with Crippen molar-refractivity contribution in [3.63, 3.8) is 0 Å². The third-order valence-corrected chi connectivity index (χ3v) is 4.76. The molecule has 0 saturated heterocycles. The summed E-state index contributed by atoms with van der Waals surface area (Å²) >= 11 is 5.90. The summed E-state index contributed by atoms with van der Waals surface area (Å²) in [6.07, 6.45) is 0. The lowest BCUT2D eigenvalue weighted by atomic mass is 10.1. The van der Waals surface area contributed by atoms with Crippen molar-refractivity contribution in [3.05, 3.63) is 88.4 Å². The Morgan fingerprint density at radius 2 is 1.68 bits per heavy atom. The largest absolute Gasteiger partial charge is 0.493 e. The number of carbonyl (C=O) groups excluding carboxylic acids is 2. The zero-order valence-corrected chi connectivity index (χ0v) is 18.3. The molecule has 3 rings (SSSR count). The number of nitrogens with one attached hydrogen (secondary N) is 1. The molecule has 6 nitrogen and oxygen atoms in total. The minimum absolute atomic E-state index is 0.139. The van der Waals surface area contributed by atoms with Gasteiger partial charge in [0.15, 0.2) is 11.5 Å². The molecule has 0 atom stereocenters. The minimum atomic E-state index is -0.322. The van der Waals surface area contributed by atoms with Gasteiger partial charge >= 0.3 is 0 Å². The molecule has 0 aliphatic rings. The number of methoxy groups -OCH3 is 1. The average molecular weight is 439 g/mol. The summed E-state index contributed by atoms with van der Waals surface area (Å²) in [5.41, 5.74) is 2.38. The van der Waals surface area contributed by atoms with Crippen molar-refractivity contribution in [1.82, 2.24) is 4.90 Å². The first-order valence-electron chi connectivity index (χ1n) is 9.55. The van der Waals surface area contributed by atoms with E-state index in [1.165, 1.54) is 12.0 Å². The number of benzene rings is 3. The molecule has 0 heterocycles. The number of rotatable bonds is 7. The molecular weight excluding hydrogens is 416 g/mol. The highest BCUT2D eigenvalue weighted by atomic mass is 35.5. The first kappa shape index (κ1) is 22.2. The molecule has 0 aliphatic heterocycles. The van der Waals surface area contributed by atoms with E-state index in [1.54, 1.807) is 68.7 Å². The van der Waals surface area contributed by atoms with Gasteiger partial charge < -0.3 is 19.7 Å². The third kappa shape index (κ3) is 5.77. The van der Waals surface area contributed by atoms with Crippen LogP contribution in [0.25, 0.3) is 0 Å². The van der Waals surface area contributed by atoms with Crippen molar-refractivity contribution in [2.45, 2.75) is 6.61 Å². The van der Waals surface area contributed by atoms with Crippen molar-refractivity contribution in [2.24, 2.45) is 0 Å². The van der Waals surface area contributed by atoms with Crippen molar-refractivity contribution in [1.29, 1.82) is 0 Å². The molecule has 0 unspecified atom stereocenters. The third-order valence-electron chi connectivity index (χ3n) is 4.51. The molecule has 0 radical (unpaired) electrons. The fraction of sp³-hybridized carbons (Fsp3) is 0.167. The van der Waals surface area contributed by atoms with E-state index in [1.807, 2.05) is 12.1 Å². The standard InChI is InChI=1S/C24H23ClN2O4/c1-27(2)24(29)18-5-4-6-20(13-18)26-23(28)17-9-12-21(22(14-17)30-3)31-15-16-7-10-19(25)11-8-16/h4-14H,15H2,1-3H3,(H,26,28). The van der Waals surface area contributed by atoms with Crippen LogP contribution in [-0.4, -0.2) is 37.9 Å². The van der Waals surface area contributed by atoms with Crippen LogP contribution < -0.4 is 14.8 Å². The molecular formula is C24H23ClN2O4. The second-order valence-corrected chi connectivity index (χ2v) is 7.45. The Labute approximate surface area is 186 Å². The second kappa shape index (κ2) is 10.00. The van der Waals surface area contributed by atoms with Gasteiger partial charge in [0.05, 0.1) is 7.11 Å². The summed E-state index contributed by atoms with van der Waals surface area (Å²) in [5.74, 6) is 0.502. The fourth-order valence-electron chi connectivity index (χ4n) is 2.86. The highest BCUT2D eigenvalue weighted by molar-refractivity contribution is 6.30. The van der Waals surface area contributed by atoms with Gasteiger partial charge in [0, 0.05) is 35.9 Å². The van der Waals surface area contributed by atoms with Crippen LogP contribution in [0.5, 0.6) is 11.5 Å². The molecule has 160 valence electrons. The van der Waals surface area contributed by atoms with Gasteiger partial charge in [0.25, 0.3) is 11.8 Å². The average Bonchev–Trinajstić information content (AvgIpc) is 2.78. The summed E-state index contributed by atoms with van der Waals surface area (Å²) in [4.78, 5) is 26.3. The predicted octanol–water partition coefficient (Wildman–Crippen LogP) is 4.88. The van der Waals surface area contributed by atoms with Gasteiger partial charge in [-0.1, -0.05) is 29.8 Å². The number of anilines is 1. The maximum atomic E-state index is 12.7. The Morgan fingerprint density at radius 3 is 2.35 bits per heavy atom. The van der Waals surface area contributed by atoms with Crippen LogP contribution in [0.15, 0.2) is 66.7 Å². The highest BCUT2D eigenvalue weighted by Gasteiger charge is 2.13. The maximum absolute atomic E-state index is 12.7. The summed E-state index contributed by atoms with van der Waals surface area (Å²) in [5, 5.41) is 3.47. The van der Waals surface area contributed by atoms with Gasteiger partial charge in [-0.15, -0.1) is 0 Å². The molecule has 2 amide bonds. The quantitative estimate of drug-likeness (QED) is 0.570. The van der Waals surface area contributed by atoms with E-state index in [0.29, 0.717) is 39.9 Å².